The van der Waals surface area contributed by atoms with Crippen LogP contribution in [0.3, 0.4) is 0 Å². The van der Waals surface area contributed by atoms with Gasteiger partial charge in [-0.1, -0.05) is 18.1 Å². The van der Waals surface area contributed by atoms with E-state index in [9.17, 15) is 13.2 Å². The molecule has 0 amide bonds. The number of nitrogens with zero attached hydrogens (tertiary/aromatic N) is 1. The molecular formula is C13H15NO4S. The van der Waals surface area contributed by atoms with Crippen molar-refractivity contribution in [3.05, 3.63) is 29.8 Å². The maximum atomic E-state index is 11.3. The van der Waals surface area contributed by atoms with E-state index in [4.69, 9.17) is 11.5 Å². The molecule has 0 aliphatic carbocycles. The Hall–Kier alpha value is -1.84. The van der Waals surface area contributed by atoms with E-state index < -0.39 is 15.8 Å². The zero-order valence-corrected chi connectivity index (χ0v) is 11.4. The fraction of sp³-hybridized carbons (Fsp3) is 0.308. The monoisotopic (exact) mass is 281 g/mol. The van der Waals surface area contributed by atoms with Gasteiger partial charge >= 0.3 is 5.97 Å². The normalized spacial score (nSPS) is 11.2. The first kappa shape index (κ1) is 15.2. The Labute approximate surface area is 112 Å². The van der Waals surface area contributed by atoms with Crippen LogP contribution >= 0.6 is 0 Å². The largest absolute Gasteiger partial charge is 0.480 e. The van der Waals surface area contributed by atoms with Crippen LogP contribution < -0.4 is 0 Å². The van der Waals surface area contributed by atoms with Crippen LogP contribution in [0.25, 0.3) is 0 Å². The molecular weight excluding hydrogens is 266 g/mol. The number of rotatable bonds is 6. The van der Waals surface area contributed by atoms with Gasteiger partial charge in [-0.3, -0.25) is 9.69 Å². The highest BCUT2D eigenvalue weighted by molar-refractivity contribution is 7.90. The molecule has 19 heavy (non-hydrogen) atoms. The molecule has 5 nitrogen and oxygen atoms in total. The molecule has 0 aliphatic heterocycles. The molecule has 102 valence electrons. The van der Waals surface area contributed by atoms with Gasteiger partial charge in [0.1, 0.15) is 0 Å². The molecule has 1 rings (SSSR count). The average molecular weight is 281 g/mol. The first-order valence-corrected chi connectivity index (χ1v) is 7.38. The van der Waals surface area contributed by atoms with Crippen molar-refractivity contribution in [1.82, 2.24) is 4.90 Å². The summed E-state index contributed by atoms with van der Waals surface area (Å²) in [5.74, 6) is 1.44. The Morgan fingerprint density at radius 3 is 2.37 bits per heavy atom. The van der Waals surface area contributed by atoms with Gasteiger partial charge in [0.2, 0.25) is 0 Å². The first-order valence-electron chi connectivity index (χ1n) is 5.49. The second kappa shape index (κ2) is 6.36. The number of carboxylic acids is 1. The van der Waals surface area contributed by atoms with Crippen LogP contribution in [0.1, 0.15) is 5.56 Å². The number of terminal acetylenes is 1. The van der Waals surface area contributed by atoms with E-state index in [0.717, 1.165) is 11.8 Å². The molecule has 1 N–H and O–H groups in total. The summed E-state index contributed by atoms with van der Waals surface area (Å²) >= 11 is 0. The molecule has 0 spiro atoms. The van der Waals surface area contributed by atoms with Gasteiger partial charge in [-0.15, -0.1) is 6.42 Å². The van der Waals surface area contributed by atoms with Gasteiger partial charge in [-0.2, -0.15) is 0 Å². The quantitative estimate of drug-likeness (QED) is 0.773. The van der Waals surface area contributed by atoms with E-state index in [1.807, 2.05) is 0 Å². The molecule has 0 unspecified atom stereocenters. The molecule has 6 heteroatoms. The average Bonchev–Trinajstić information content (AvgIpc) is 2.28. The fourth-order valence-electron chi connectivity index (χ4n) is 1.59. The van der Waals surface area contributed by atoms with Crippen molar-refractivity contribution in [3.63, 3.8) is 0 Å². The molecule has 1 aromatic rings. The van der Waals surface area contributed by atoms with Gasteiger partial charge in [0, 0.05) is 12.8 Å². The highest BCUT2D eigenvalue weighted by Crippen LogP contribution is 2.11. The first-order chi connectivity index (χ1) is 8.82. The van der Waals surface area contributed by atoms with Gasteiger partial charge in [0.25, 0.3) is 0 Å². The summed E-state index contributed by atoms with van der Waals surface area (Å²) in [6, 6.07) is 6.31. The van der Waals surface area contributed by atoms with Crippen LogP contribution in [-0.2, 0) is 21.2 Å². The van der Waals surface area contributed by atoms with E-state index in [1.54, 1.807) is 17.0 Å². The third kappa shape index (κ3) is 5.12. The third-order valence-electron chi connectivity index (χ3n) is 2.43. The van der Waals surface area contributed by atoms with Crippen molar-refractivity contribution in [2.45, 2.75) is 11.4 Å². The zero-order chi connectivity index (χ0) is 14.5. The lowest BCUT2D eigenvalue weighted by atomic mass is 10.2. The SMILES string of the molecule is C#CCN(CC(=O)O)Cc1ccc(S(C)(=O)=O)cc1. The number of benzene rings is 1. The summed E-state index contributed by atoms with van der Waals surface area (Å²) < 4.78 is 22.6. The number of aliphatic carboxylic acids is 1. The summed E-state index contributed by atoms with van der Waals surface area (Å²) in [5.41, 5.74) is 0.809. The molecule has 0 bridgehead atoms. The summed E-state index contributed by atoms with van der Waals surface area (Å²) in [6.45, 7) is 0.429. The van der Waals surface area contributed by atoms with Crippen molar-refractivity contribution in [3.8, 4) is 12.3 Å². The van der Waals surface area contributed by atoms with Crippen LogP contribution in [0.2, 0.25) is 0 Å². The van der Waals surface area contributed by atoms with Gasteiger partial charge in [-0.25, -0.2) is 8.42 Å². The van der Waals surface area contributed by atoms with E-state index in [2.05, 4.69) is 5.92 Å². The lowest BCUT2D eigenvalue weighted by Crippen LogP contribution is -2.29. The minimum Gasteiger partial charge on any atom is -0.480 e. The summed E-state index contributed by atoms with van der Waals surface area (Å²) in [4.78, 5) is 12.5. The summed E-state index contributed by atoms with van der Waals surface area (Å²) in [7, 11) is -3.22. The third-order valence-corrected chi connectivity index (χ3v) is 3.56. The Kier molecular flexibility index (Phi) is 5.10. The molecule has 1 aromatic carbocycles. The second-order valence-corrected chi connectivity index (χ2v) is 6.17. The Morgan fingerprint density at radius 2 is 1.95 bits per heavy atom. The van der Waals surface area contributed by atoms with E-state index in [-0.39, 0.29) is 18.0 Å². The fourth-order valence-corrected chi connectivity index (χ4v) is 2.22. The lowest BCUT2D eigenvalue weighted by Gasteiger charge is -2.17. The molecule has 0 heterocycles. The number of hydrogen-bond donors (Lipinski definition) is 1. The van der Waals surface area contributed by atoms with Crippen LogP contribution in [0.4, 0.5) is 0 Å². The second-order valence-electron chi connectivity index (χ2n) is 4.16. The summed E-state index contributed by atoms with van der Waals surface area (Å²) in [6.07, 6.45) is 6.31. The molecule has 0 aromatic heterocycles. The van der Waals surface area contributed by atoms with E-state index in [1.165, 1.54) is 12.1 Å². The van der Waals surface area contributed by atoms with Crippen LogP contribution in [0.5, 0.6) is 0 Å². The van der Waals surface area contributed by atoms with Crippen LogP contribution in [0.15, 0.2) is 29.2 Å². The Bertz CT molecular complexity index is 584. The van der Waals surface area contributed by atoms with Gasteiger partial charge in [-0.05, 0) is 17.7 Å². The minimum absolute atomic E-state index is 0.155. The standard InChI is InChI=1S/C13H15NO4S/c1-3-8-14(10-13(15)16)9-11-4-6-12(7-5-11)19(2,17)18/h1,4-7H,8-10H2,2H3,(H,15,16). The maximum absolute atomic E-state index is 11.3. The predicted octanol–water partition coefficient (Wildman–Crippen LogP) is 0.610. The number of carboxylic acid groups (broad SMARTS) is 1. The van der Waals surface area contributed by atoms with Crippen molar-refractivity contribution in [1.29, 1.82) is 0 Å². The molecule has 0 saturated heterocycles. The molecule has 0 saturated carbocycles. The highest BCUT2D eigenvalue weighted by Gasteiger charge is 2.10. The number of hydrogen-bond acceptors (Lipinski definition) is 4. The number of carbonyl (C=O) groups is 1. The molecule has 0 aliphatic rings. The predicted molar refractivity (Wildman–Crippen MR) is 71.3 cm³/mol. The smallest absolute Gasteiger partial charge is 0.317 e. The Balaban J connectivity index is 2.81. The molecule has 0 atom stereocenters. The van der Waals surface area contributed by atoms with E-state index in [0.29, 0.717) is 6.54 Å². The topological polar surface area (TPSA) is 74.7 Å². The van der Waals surface area contributed by atoms with Crippen LogP contribution in [-0.4, -0.2) is 43.7 Å². The van der Waals surface area contributed by atoms with Gasteiger partial charge in [0.05, 0.1) is 18.0 Å². The zero-order valence-electron chi connectivity index (χ0n) is 10.5. The highest BCUT2D eigenvalue weighted by atomic mass is 32.2. The Morgan fingerprint density at radius 1 is 1.37 bits per heavy atom. The van der Waals surface area contributed by atoms with Crippen molar-refractivity contribution < 1.29 is 18.3 Å². The van der Waals surface area contributed by atoms with Gasteiger partial charge < -0.3 is 5.11 Å². The van der Waals surface area contributed by atoms with Crippen molar-refractivity contribution in [2.24, 2.45) is 0 Å². The van der Waals surface area contributed by atoms with Crippen LogP contribution in [0, 0.1) is 12.3 Å². The lowest BCUT2D eigenvalue weighted by molar-refractivity contribution is -0.138. The van der Waals surface area contributed by atoms with E-state index >= 15 is 0 Å². The van der Waals surface area contributed by atoms with Gasteiger partial charge in [0.15, 0.2) is 9.84 Å². The van der Waals surface area contributed by atoms with Crippen molar-refractivity contribution >= 4 is 15.8 Å². The maximum Gasteiger partial charge on any atom is 0.317 e. The summed E-state index contributed by atoms with van der Waals surface area (Å²) in [5, 5.41) is 8.75. The minimum atomic E-state index is -3.22. The molecule has 0 radical (unpaired) electrons. The molecule has 0 fully saturated rings. The number of sulfone groups is 1. The van der Waals surface area contributed by atoms with Crippen molar-refractivity contribution in [2.75, 3.05) is 19.3 Å².